The second-order valence-electron chi connectivity index (χ2n) is 6.87. The number of halogens is 4. The minimum Gasteiger partial charge on any atom is -0.167 e. The molecule has 0 bridgehead atoms. The van der Waals surface area contributed by atoms with Crippen LogP contribution in [0.25, 0.3) is 6.08 Å². The van der Waals surface area contributed by atoms with Crippen molar-refractivity contribution in [3.05, 3.63) is 40.4 Å². The van der Waals surface area contributed by atoms with Crippen LogP contribution in [0.2, 0.25) is 5.02 Å². The molecular formula is C20H26ClF3. The molecule has 24 heavy (non-hydrogen) atoms. The average molecular weight is 359 g/mol. The van der Waals surface area contributed by atoms with Crippen molar-refractivity contribution < 1.29 is 13.2 Å². The van der Waals surface area contributed by atoms with E-state index in [4.69, 9.17) is 11.6 Å². The summed E-state index contributed by atoms with van der Waals surface area (Å²) in [7, 11) is 0. The molecule has 0 amide bonds. The fraction of sp³-hybridized carbons (Fsp3) is 0.600. The summed E-state index contributed by atoms with van der Waals surface area (Å²) in [6.07, 6.45) is 7.04. The fourth-order valence-electron chi connectivity index (χ4n) is 3.58. The van der Waals surface area contributed by atoms with E-state index in [1.807, 2.05) is 12.1 Å². The van der Waals surface area contributed by atoms with E-state index in [2.05, 4.69) is 6.92 Å². The van der Waals surface area contributed by atoms with Crippen LogP contribution in [0.4, 0.5) is 13.2 Å². The molecule has 0 aromatic heterocycles. The Labute approximate surface area is 148 Å². The van der Waals surface area contributed by atoms with Crippen LogP contribution in [0, 0.1) is 5.92 Å². The second-order valence-corrected chi connectivity index (χ2v) is 7.28. The molecule has 1 saturated carbocycles. The van der Waals surface area contributed by atoms with Gasteiger partial charge in [-0.15, -0.1) is 0 Å². The highest BCUT2D eigenvalue weighted by Gasteiger charge is 2.23. The van der Waals surface area contributed by atoms with E-state index in [1.165, 1.54) is 38.5 Å². The monoisotopic (exact) mass is 358 g/mol. The molecule has 2 rings (SSSR count). The minimum absolute atomic E-state index is 0.232. The van der Waals surface area contributed by atoms with E-state index in [1.54, 1.807) is 6.07 Å². The first-order valence-electron chi connectivity index (χ1n) is 8.94. The van der Waals surface area contributed by atoms with Gasteiger partial charge in [-0.2, -0.15) is 13.2 Å². The number of hydrogen-bond acceptors (Lipinski definition) is 0. The molecule has 0 aliphatic heterocycles. The van der Waals surface area contributed by atoms with Gasteiger partial charge >= 0.3 is 6.18 Å². The van der Waals surface area contributed by atoms with Crippen LogP contribution in [0.3, 0.4) is 0 Å². The van der Waals surface area contributed by atoms with Crippen molar-refractivity contribution in [2.45, 2.75) is 70.4 Å². The third-order valence-corrected chi connectivity index (χ3v) is 5.34. The van der Waals surface area contributed by atoms with E-state index < -0.39 is 6.18 Å². The lowest BCUT2D eigenvalue weighted by Crippen LogP contribution is -2.13. The molecule has 0 N–H and O–H groups in total. The van der Waals surface area contributed by atoms with Gasteiger partial charge in [0, 0.05) is 11.1 Å². The Morgan fingerprint density at radius 2 is 1.83 bits per heavy atom. The largest absolute Gasteiger partial charge is 0.409 e. The Morgan fingerprint density at radius 1 is 1.12 bits per heavy atom. The number of hydrogen-bond donors (Lipinski definition) is 0. The molecule has 4 heteroatoms. The second kappa shape index (κ2) is 8.94. The Balaban J connectivity index is 1.92. The highest BCUT2D eigenvalue weighted by atomic mass is 35.5. The van der Waals surface area contributed by atoms with Crippen molar-refractivity contribution in [3.8, 4) is 0 Å². The zero-order valence-corrected chi connectivity index (χ0v) is 15.0. The number of allylic oxidation sites excluding steroid dienone is 1. The van der Waals surface area contributed by atoms with Gasteiger partial charge in [0.05, 0.1) is 0 Å². The average Bonchev–Trinajstić information content (AvgIpc) is 2.54. The summed E-state index contributed by atoms with van der Waals surface area (Å²) in [5.41, 5.74) is 1.59. The molecule has 0 heterocycles. The lowest BCUT2D eigenvalue weighted by Gasteiger charge is -2.29. The first-order chi connectivity index (χ1) is 11.4. The van der Waals surface area contributed by atoms with E-state index >= 15 is 0 Å². The highest BCUT2D eigenvalue weighted by molar-refractivity contribution is 6.32. The van der Waals surface area contributed by atoms with Gasteiger partial charge in [-0.1, -0.05) is 56.3 Å². The molecule has 1 fully saturated rings. The topological polar surface area (TPSA) is 0 Å². The van der Waals surface area contributed by atoms with Crippen LogP contribution in [0.5, 0.6) is 0 Å². The van der Waals surface area contributed by atoms with Crippen molar-refractivity contribution in [2.24, 2.45) is 5.92 Å². The predicted octanol–water partition coefficient (Wildman–Crippen LogP) is 7.77. The Morgan fingerprint density at radius 3 is 2.42 bits per heavy atom. The molecule has 0 radical (unpaired) electrons. The normalized spacial score (nSPS) is 22.2. The summed E-state index contributed by atoms with van der Waals surface area (Å²) >= 11 is 6.17. The van der Waals surface area contributed by atoms with Crippen molar-refractivity contribution in [2.75, 3.05) is 0 Å². The molecule has 134 valence electrons. The fourth-order valence-corrected chi connectivity index (χ4v) is 3.84. The molecule has 1 aromatic rings. The quantitative estimate of drug-likeness (QED) is 0.455. The van der Waals surface area contributed by atoms with Crippen molar-refractivity contribution >= 4 is 17.7 Å². The van der Waals surface area contributed by atoms with Crippen LogP contribution in [-0.2, 0) is 0 Å². The SMILES string of the molecule is CCCCCC1CCC(c2ccc(/C=C\C(F)(F)F)c(Cl)c2)CC1. The molecule has 1 aliphatic carbocycles. The number of benzene rings is 1. The van der Waals surface area contributed by atoms with Gasteiger partial charge in [0.1, 0.15) is 0 Å². The van der Waals surface area contributed by atoms with Gasteiger partial charge in [0.2, 0.25) is 0 Å². The molecule has 1 aliphatic rings. The molecule has 1 aromatic carbocycles. The molecule has 0 nitrogen and oxygen atoms in total. The van der Waals surface area contributed by atoms with E-state index in [9.17, 15) is 13.2 Å². The van der Waals surface area contributed by atoms with Gasteiger partial charge in [-0.3, -0.25) is 0 Å². The zero-order chi connectivity index (χ0) is 17.6. The van der Waals surface area contributed by atoms with Crippen LogP contribution < -0.4 is 0 Å². The maximum Gasteiger partial charge on any atom is 0.409 e. The predicted molar refractivity (Wildman–Crippen MR) is 95.4 cm³/mol. The molecular weight excluding hydrogens is 333 g/mol. The van der Waals surface area contributed by atoms with Crippen LogP contribution in [0.1, 0.15) is 75.3 Å². The molecule has 0 saturated heterocycles. The molecule has 0 spiro atoms. The standard InChI is InChI=1S/C20H26ClF3/c1-2-3-4-5-15-6-8-16(9-7-15)18-11-10-17(19(21)14-18)12-13-20(22,23)24/h10-16H,2-9H2,1H3/b13-12-. The summed E-state index contributed by atoms with van der Waals surface area (Å²) in [4.78, 5) is 0. The van der Waals surface area contributed by atoms with E-state index in [0.717, 1.165) is 30.4 Å². The molecule has 0 unspecified atom stereocenters. The maximum atomic E-state index is 12.3. The number of unbranched alkanes of at least 4 members (excludes halogenated alkanes) is 2. The Bertz CT molecular complexity index is 540. The van der Waals surface area contributed by atoms with E-state index in [0.29, 0.717) is 16.5 Å². The Hall–Kier alpha value is -0.960. The number of rotatable bonds is 6. The lowest BCUT2D eigenvalue weighted by atomic mass is 9.77. The highest BCUT2D eigenvalue weighted by Crippen LogP contribution is 2.39. The molecule has 0 atom stereocenters. The third kappa shape index (κ3) is 6.16. The summed E-state index contributed by atoms with van der Waals surface area (Å²) in [5, 5.41) is 0.401. The Kier molecular flexibility index (Phi) is 7.21. The maximum absolute atomic E-state index is 12.3. The minimum atomic E-state index is -4.31. The van der Waals surface area contributed by atoms with Crippen molar-refractivity contribution in [3.63, 3.8) is 0 Å². The van der Waals surface area contributed by atoms with Crippen LogP contribution >= 0.6 is 11.6 Å². The number of alkyl halides is 3. The van der Waals surface area contributed by atoms with E-state index in [-0.39, 0.29) is 6.08 Å². The van der Waals surface area contributed by atoms with Gasteiger partial charge in [0.25, 0.3) is 0 Å². The van der Waals surface area contributed by atoms with Gasteiger partial charge in [-0.05, 0) is 60.8 Å². The first kappa shape index (κ1) is 19.4. The van der Waals surface area contributed by atoms with Crippen molar-refractivity contribution in [1.29, 1.82) is 0 Å². The van der Waals surface area contributed by atoms with Gasteiger partial charge in [-0.25, -0.2) is 0 Å². The van der Waals surface area contributed by atoms with Gasteiger partial charge in [0.15, 0.2) is 0 Å². The van der Waals surface area contributed by atoms with Crippen LogP contribution in [0.15, 0.2) is 24.3 Å². The van der Waals surface area contributed by atoms with Crippen molar-refractivity contribution in [1.82, 2.24) is 0 Å². The first-order valence-corrected chi connectivity index (χ1v) is 9.32. The van der Waals surface area contributed by atoms with Crippen LogP contribution in [-0.4, -0.2) is 6.18 Å². The third-order valence-electron chi connectivity index (χ3n) is 5.01. The summed E-state index contributed by atoms with van der Waals surface area (Å²) < 4.78 is 36.8. The zero-order valence-electron chi connectivity index (χ0n) is 14.2. The summed E-state index contributed by atoms with van der Waals surface area (Å²) in [5.74, 6) is 1.34. The smallest absolute Gasteiger partial charge is 0.167 e. The summed E-state index contributed by atoms with van der Waals surface area (Å²) in [6, 6.07) is 5.48. The van der Waals surface area contributed by atoms with Gasteiger partial charge < -0.3 is 0 Å². The lowest BCUT2D eigenvalue weighted by molar-refractivity contribution is -0.0790. The summed E-state index contributed by atoms with van der Waals surface area (Å²) in [6.45, 7) is 2.23.